The lowest BCUT2D eigenvalue weighted by atomic mass is 10.1. The first-order valence-electron chi connectivity index (χ1n) is 11.5. The first kappa shape index (κ1) is 23.3. The van der Waals surface area contributed by atoms with Gasteiger partial charge in [-0.1, -0.05) is 103 Å². The minimum absolute atomic E-state index is 0.259. The highest BCUT2D eigenvalue weighted by Gasteiger charge is 2.20. The molecule has 0 aliphatic rings. The first-order valence-corrected chi connectivity index (χ1v) is 11.5. The van der Waals surface area contributed by atoms with Gasteiger partial charge in [-0.3, -0.25) is 4.79 Å². The standard InChI is InChI=1S/C30H29NO3/c32-30(34-23-27-14-8-3-9-15-27)29(31-21-25-10-4-1-5-11-25)20-24-16-18-28(19-17-24)33-22-26-12-6-2-7-13-26/h1-19,29,31H,20-23H2/t29-/m0/s1. The summed E-state index contributed by atoms with van der Waals surface area (Å²) in [6.07, 6.45) is 0.527. The van der Waals surface area contributed by atoms with Crippen molar-refractivity contribution in [3.8, 4) is 5.75 Å². The molecule has 0 heterocycles. The zero-order chi connectivity index (χ0) is 23.4. The van der Waals surface area contributed by atoms with E-state index in [1.165, 1.54) is 0 Å². The summed E-state index contributed by atoms with van der Waals surface area (Å²) in [4.78, 5) is 13.0. The summed E-state index contributed by atoms with van der Waals surface area (Å²) in [6, 6.07) is 37.3. The molecule has 4 heteroatoms. The fourth-order valence-corrected chi connectivity index (χ4v) is 3.60. The smallest absolute Gasteiger partial charge is 0.323 e. The normalized spacial score (nSPS) is 11.5. The molecule has 4 nitrogen and oxygen atoms in total. The van der Waals surface area contributed by atoms with Crippen LogP contribution in [0.4, 0.5) is 0 Å². The minimum atomic E-state index is -0.458. The molecule has 0 amide bonds. The third-order valence-corrected chi connectivity index (χ3v) is 5.52. The highest BCUT2D eigenvalue weighted by atomic mass is 16.5. The summed E-state index contributed by atoms with van der Waals surface area (Å²) in [5.74, 6) is 0.539. The van der Waals surface area contributed by atoms with Gasteiger partial charge in [0.1, 0.15) is 25.0 Å². The van der Waals surface area contributed by atoms with Crippen molar-refractivity contribution in [3.05, 3.63) is 138 Å². The molecule has 4 rings (SSSR count). The van der Waals surface area contributed by atoms with Gasteiger partial charge in [-0.2, -0.15) is 0 Å². The highest BCUT2D eigenvalue weighted by Crippen LogP contribution is 2.16. The highest BCUT2D eigenvalue weighted by molar-refractivity contribution is 5.76. The van der Waals surface area contributed by atoms with Crippen LogP contribution in [0, 0.1) is 0 Å². The van der Waals surface area contributed by atoms with E-state index in [0.29, 0.717) is 19.6 Å². The second-order valence-corrected chi connectivity index (χ2v) is 8.13. The number of nitrogens with one attached hydrogen (secondary N) is 1. The molecule has 4 aromatic carbocycles. The Bertz CT molecular complexity index is 1130. The number of ether oxygens (including phenoxy) is 2. The fourth-order valence-electron chi connectivity index (χ4n) is 3.60. The summed E-state index contributed by atoms with van der Waals surface area (Å²) < 4.78 is 11.5. The maximum Gasteiger partial charge on any atom is 0.323 e. The zero-order valence-corrected chi connectivity index (χ0v) is 19.1. The number of hydrogen-bond donors (Lipinski definition) is 1. The molecule has 1 atom stereocenters. The quantitative estimate of drug-likeness (QED) is 0.297. The van der Waals surface area contributed by atoms with Crippen molar-refractivity contribution in [2.24, 2.45) is 0 Å². The molecule has 0 aliphatic carbocycles. The van der Waals surface area contributed by atoms with E-state index in [4.69, 9.17) is 9.47 Å². The molecular formula is C30H29NO3. The largest absolute Gasteiger partial charge is 0.489 e. The van der Waals surface area contributed by atoms with Crippen molar-refractivity contribution in [1.29, 1.82) is 0 Å². The van der Waals surface area contributed by atoms with Crippen LogP contribution in [0.1, 0.15) is 22.3 Å². The second-order valence-electron chi connectivity index (χ2n) is 8.13. The number of carbonyl (C=O) groups is 1. The lowest BCUT2D eigenvalue weighted by Crippen LogP contribution is -2.39. The SMILES string of the molecule is O=C(OCc1ccccc1)[C@H](Cc1ccc(OCc2ccccc2)cc1)NCc1ccccc1. The van der Waals surface area contributed by atoms with Crippen LogP contribution in [0.15, 0.2) is 115 Å². The Morgan fingerprint density at radius 2 is 1.15 bits per heavy atom. The van der Waals surface area contributed by atoms with Gasteiger partial charge in [-0.15, -0.1) is 0 Å². The lowest BCUT2D eigenvalue weighted by Gasteiger charge is -2.18. The van der Waals surface area contributed by atoms with E-state index in [2.05, 4.69) is 5.32 Å². The predicted molar refractivity (Wildman–Crippen MR) is 134 cm³/mol. The zero-order valence-electron chi connectivity index (χ0n) is 19.1. The summed E-state index contributed by atoms with van der Waals surface area (Å²) in [7, 11) is 0. The van der Waals surface area contributed by atoms with Gasteiger partial charge in [-0.25, -0.2) is 0 Å². The molecule has 172 valence electrons. The van der Waals surface area contributed by atoms with Crippen LogP contribution < -0.4 is 10.1 Å². The van der Waals surface area contributed by atoms with Gasteiger partial charge in [0.05, 0.1) is 0 Å². The topological polar surface area (TPSA) is 47.6 Å². The van der Waals surface area contributed by atoms with Gasteiger partial charge in [-0.05, 0) is 40.8 Å². The predicted octanol–water partition coefficient (Wildman–Crippen LogP) is 5.71. The molecular weight excluding hydrogens is 422 g/mol. The van der Waals surface area contributed by atoms with Gasteiger partial charge >= 0.3 is 5.97 Å². The van der Waals surface area contributed by atoms with E-state index in [9.17, 15) is 4.79 Å². The molecule has 0 spiro atoms. The maximum absolute atomic E-state index is 13.0. The average Bonchev–Trinajstić information content (AvgIpc) is 2.91. The fraction of sp³-hybridized carbons (Fsp3) is 0.167. The van der Waals surface area contributed by atoms with E-state index >= 15 is 0 Å². The molecule has 0 saturated heterocycles. The molecule has 1 N–H and O–H groups in total. The van der Waals surface area contributed by atoms with Crippen molar-refractivity contribution >= 4 is 5.97 Å². The third-order valence-electron chi connectivity index (χ3n) is 5.52. The van der Waals surface area contributed by atoms with Crippen LogP contribution >= 0.6 is 0 Å². The van der Waals surface area contributed by atoms with Crippen molar-refractivity contribution in [1.82, 2.24) is 5.32 Å². The Balaban J connectivity index is 1.37. The van der Waals surface area contributed by atoms with E-state index < -0.39 is 6.04 Å². The lowest BCUT2D eigenvalue weighted by molar-refractivity contribution is -0.147. The molecule has 0 aliphatic heterocycles. The van der Waals surface area contributed by atoms with Crippen LogP contribution in [0.3, 0.4) is 0 Å². The van der Waals surface area contributed by atoms with Crippen LogP contribution in [0.25, 0.3) is 0 Å². The van der Waals surface area contributed by atoms with Gasteiger partial charge in [0.2, 0.25) is 0 Å². The Morgan fingerprint density at radius 3 is 1.74 bits per heavy atom. The van der Waals surface area contributed by atoms with Crippen LogP contribution in [-0.2, 0) is 35.7 Å². The van der Waals surface area contributed by atoms with Crippen molar-refractivity contribution in [2.45, 2.75) is 32.2 Å². The van der Waals surface area contributed by atoms with Gasteiger partial charge < -0.3 is 14.8 Å². The summed E-state index contributed by atoms with van der Waals surface area (Å²) in [6.45, 7) is 1.37. The van der Waals surface area contributed by atoms with E-state index in [0.717, 1.165) is 28.0 Å². The molecule has 0 saturated carbocycles. The number of benzene rings is 4. The van der Waals surface area contributed by atoms with E-state index in [1.54, 1.807) is 0 Å². The summed E-state index contributed by atoms with van der Waals surface area (Å²) in [5, 5.41) is 3.38. The average molecular weight is 452 g/mol. The third kappa shape index (κ3) is 7.32. The molecule has 0 bridgehead atoms. The van der Waals surface area contributed by atoms with E-state index in [1.807, 2.05) is 115 Å². The Hall–Kier alpha value is -3.89. The first-order chi connectivity index (χ1) is 16.8. The molecule has 0 radical (unpaired) electrons. The molecule has 0 fully saturated rings. The molecule has 4 aromatic rings. The number of rotatable bonds is 11. The van der Waals surface area contributed by atoms with Crippen molar-refractivity contribution < 1.29 is 14.3 Å². The second kappa shape index (κ2) is 12.4. The van der Waals surface area contributed by atoms with Gasteiger partial charge in [0.25, 0.3) is 0 Å². The minimum Gasteiger partial charge on any atom is -0.489 e. The Morgan fingerprint density at radius 1 is 0.618 bits per heavy atom. The van der Waals surface area contributed by atoms with Crippen LogP contribution in [0.2, 0.25) is 0 Å². The number of hydrogen-bond acceptors (Lipinski definition) is 4. The monoisotopic (exact) mass is 451 g/mol. The van der Waals surface area contributed by atoms with Crippen molar-refractivity contribution in [2.75, 3.05) is 0 Å². The molecule has 34 heavy (non-hydrogen) atoms. The van der Waals surface area contributed by atoms with Crippen LogP contribution in [0.5, 0.6) is 5.75 Å². The van der Waals surface area contributed by atoms with E-state index in [-0.39, 0.29) is 12.6 Å². The molecule has 0 unspecified atom stereocenters. The number of carbonyl (C=O) groups excluding carboxylic acids is 1. The van der Waals surface area contributed by atoms with Crippen molar-refractivity contribution in [3.63, 3.8) is 0 Å². The summed E-state index contributed by atoms with van der Waals surface area (Å²) >= 11 is 0. The maximum atomic E-state index is 13.0. The van der Waals surface area contributed by atoms with Gasteiger partial charge in [0.15, 0.2) is 0 Å². The van der Waals surface area contributed by atoms with Crippen LogP contribution in [-0.4, -0.2) is 12.0 Å². The molecule has 0 aromatic heterocycles. The Kier molecular flexibility index (Phi) is 8.47. The number of esters is 1. The van der Waals surface area contributed by atoms with Gasteiger partial charge in [0, 0.05) is 6.54 Å². The Labute approximate surface area is 201 Å². The summed E-state index contributed by atoms with van der Waals surface area (Å²) in [5.41, 5.74) is 4.25.